The highest BCUT2D eigenvalue weighted by Crippen LogP contribution is 2.58. The van der Waals surface area contributed by atoms with E-state index in [1.807, 2.05) is 19.3 Å². The number of furan rings is 1. The van der Waals surface area contributed by atoms with Gasteiger partial charge >= 0.3 is 5.97 Å². The second-order valence-corrected chi connectivity index (χ2v) is 8.02. The van der Waals surface area contributed by atoms with Gasteiger partial charge in [-0.25, -0.2) is 0 Å². The van der Waals surface area contributed by atoms with Crippen LogP contribution in [0.4, 0.5) is 0 Å². The molecular weight excluding hydrogens is 288 g/mol. The molecule has 3 nitrogen and oxygen atoms in total. The molecule has 4 atom stereocenters. The van der Waals surface area contributed by atoms with Crippen LogP contribution in [0.25, 0.3) is 0 Å². The molecule has 1 heterocycles. The highest BCUT2D eigenvalue weighted by atomic mass is 16.4. The predicted octanol–water partition coefficient (Wildman–Crippen LogP) is 5.08. The fourth-order valence-corrected chi connectivity index (χ4v) is 4.81. The normalized spacial score (nSPS) is 37.1. The van der Waals surface area contributed by atoms with Crippen molar-refractivity contribution in [1.29, 1.82) is 0 Å². The quantitative estimate of drug-likeness (QED) is 0.788. The van der Waals surface area contributed by atoms with E-state index in [4.69, 9.17) is 4.42 Å². The summed E-state index contributed by atoms with van der Waals surface area (Å²) < 4.78 is 5.20. The minimum Gasteiger partial charge on any atom is -0.481 e. The van der Waals surface area contributed by atoms with Gasteiger partial charge in [0.25, 0.3) is 0 Å². The van der Waals surface area contributed by atoms with Crippen LogP contribution in [0.5, 0.6) is 0 Å². The summed E-state index contributed by atoms with van der Waals surface area (Å²) in [5.74, 6) is 0.326. The van der Waals surface area contributed by atoms with Crippen molar-refractivity contribution in [2.24, 2.45) is 22.7 Å². The monoisotopic (exact) mass is 316 g/mol. The number of allylic oxidation sites excluding steroid dienone is 1. The third-order valence-electron chi connectivity index (χ3n) is 6.80. The molecule has 0 bridgehead atoms. The first kappa shape index (κ1) is 16.4. The highest BCUT2D eigenvalue weighted by molar-refractivity contribution is 5.78. The van der Waals surface area contributed by atoms with Crippen molar-refractivity contribution in [3.8, 4) is 0 Å². The summed E-state index contributed by atoms with van der Waals surface area (Å²) in [4.78, 5) is 11.9. The third kappa shape index (κ3) is 2.64. The molecule has 2 aliphatic carbocycles. The topological polar surface area (TPSA) is 50.4 Å². The van der Waals surface area contributed by atoms with E-state index in [-0.39, 0.29) is 5.41 Å². The van der Waals surface area contributed by atoms with Crippen LogP contribution in [-0.4, -0.2) is 11.1 Å². The van der Waals surface area contributed by atoms with Crippen LogP contribution < -0.4 is 0 Å². The van der Waals surface area contributed by atoms with E-state index < -0.39 is 11.4 Å². The van der Waals surface area contributed by atoms with Crippen molar-refractivity contribution < 1.29 is 14.3 Å². The Kier molecular flexibility index (Phi) is 4.16. The Labute approximate surface area is 138 Å². The van der Waals surface area contributed by atoms with Crippen molar-refractivity contribution in [3.05, 3.63) is 35.8 Å². The minimum atomic E-state index is -0.667. The second kappa shape index (κ2) is 5.85. The molecule has 0 aromatic carbocycles. The zero-order chi connectivity index (χ0) is 16.7. The lowest BCUT2D eigenvalue weighted by atomic mass is 9.51. The maximum atomic E-state index is 11.9. The summed E-state index contributed by atoms with van der Waals surface area (Å²) >= 11 is 0. The summed E-state index contributed by atoms with van der Waals surface area (Å²) in [6.45, 7) is 6.64. The third-order valence-corrected chi connectivity index (χ3v) is 6.80. The summed E-state index contributed by atoms with van der Waals surface area (Å²) in [7, 11) is 0. The second-order valence-electron chi connectivity index (χ2n) is 8.02. The van der Waals surface area contributed by atoms with E-state index in [9.17, 15) is 9.90 Å². The van der Waals surface area contributed by atoms with E-state index in [2.05, 4.69) is 19.9 Å². The summed E-state index contributed by atoms with van der Waals surface area (Å²) in [6, 6.07) is 2.04. The van der Waals surface area contributed by atoms with Crippen LogP contribution in [0.15, 0.2) is 34.7 Å². The lowest BCUT2D eigenvalue weighted by molar-refractivity contribution is -0.148. The Morgan fingerprint density at radius 2 is 2.22 bits per heavy atom. The van der Waals surface area contributed by atoms with Crippen molar-refractivity contribution >= 4 is 5.97 Å². The fourth-order valence-electron chi connectivity index (χ4n) is 4.81. The predicted molar refractivity (Wildman–Crippen MR) is 90.1 cm³/mol. The molecule has 2 aliphatic rings. The number of carboxylic acid groups (broad SMARTS) is 1. The molecule has 3 heteroatoms. The average Bonchev–Trinajstić information content (AvgIpc) is 3.03. The van der Waals surface area contributed by atoms with Crippen molar-refractivity contribution in [2.45, 2.75) is 59.3 Å². The number of aryl methyl sites for hydroxylation is 1. The number of fused-ring (bicyclic) bond motifs is 1. The zero-order valence-electron chi connectivity index (χ0n) is 14.5. The molecule has 1 aromatic rings. The molecule has 0 saturated heterocycles. The molecule has 23 heavy (non-hydrogen) atoms. The van der Waals surface area contributed by atoms with Gasteiger partial charge in [-0.3, -0.25) is 4.79 Å². The van der Waals surface area contributed by atoms with Crippen molar-refractivity contribution in [3.63, 3.8) is 0 Å². The molecule has 1 fully saturated rings. The van der Waals surface area contributed by atoms with E-state index in [0.29, 0.717) is 11.8 Å². The number of rotatable bonds is 4. The summed E-state index contributed by atoms with van der Waals surface area (Å²) in [5.41, 5.74) is 1.94. The van der Waals surface area contributed by atoms with Gasteiger partial charge < -0.3 is 9.52 Å². The fraction of sp³-hybridized carbons (Fsp3) is 0.650. The first-order valence-electron chi connectivity index (χ1n) is 8.83. The largest absolute Gasteiger partial charge is 0.481 e. The molecule has 0 spiro atoms. The average molecular weight is 316 g/mol. The van der Waals surface area contributed by atoms with E-state index >= 15 is 0 Å². The molecule has 3 rings (SSSR count). The van der Waals surface area contributed by atoms with Crippen LogP contribution >= 0.6 is 0 Å². The molecule has 0 radical (unpaired) electrons. The van der Waals surface area contributed by atoms with Crippen LogP contribution in [0.3, 0.4) is 0 Å². The van der Waals surface area contributed by atoms with Gasteiger partial charge in [0, 0.05) is 0 Å². The maximum absolute atomic E-state index is 11.9. The molecule has 0 amide bonds. The first-order chi connectivity index (χ1) is 10.9. The van der Waals surface area contributed by atoms with E-state index in [1.165, 1.54) is 11.1 Å². The van der Waals surface area contributed by atoms with Gasteiger partial charge in [0.05, 0.1) is 17.9 Å². The number of hydrogen-bond acceptors (Lipinski definition) is 2. The molecule has 0 unspecified atom stereocenters. The lowest BCUT2D eigenvalue weighted by Crippen LogP contribution is -2.47. The van der Waals surface area contributed by atoms with Gasteiger partial charge in [-0.15, -0.1) is 0 Å². The Bertz CT molecular complexity index is 600. The van der Waals surface area contributed by atoms with Gasteiger partial charge in [-0.1, -0.05) is 31.9 Å². The van der Waals surface area contributed by atoms with Crippen LogP contribution in [-0.2, 0) is 11.2 Å². The Balaban J connectivity index is 1.88. The van der Waals surface area contributed by atoms with Gasteiger partial charge in [0.2, 0.25) is 0 Å². The Hall–Kier alpha value is -1.51. The molecule has 1 aromatic heterocycles. The molecule has 0 aliphatic heterocycles. The zero-order valence-corrected chi connectivity index (χ0v) is 14.5. The molecule has 1 N–H and O–H groups in total. The maximum Gasteiger partial charge on any atom is 0.313 e. The Morgan fingerprint density at radius 1 is 1.43 bits per heavy atom. The van der Waals surface area contributed by atoms with Crippen molar-refractivity contribution in [1.82, 2.24) is 0 Å². The summed E-state index contributed by atoms with van der Waals surface area (Å²) in [5, 5.41) is 9.80. The number of carboxylic acids is 1. The number of aliphatic carboxylic acids is 1. The minimum absolute atomic E-state index is 0.165. The van der Waals surface area contributed by atoms with Crippen LogP contribution in [0.1, 0.15) is 58.4 Å². The van der Waals surface area contributed by atoms with Crippen LogP contribution in [0, 0.1) is 22.7 Å². The molecule has 126 valence electrons. The standard InChI is InChI=1S/C20H28O3/c1-14-6-7-17-16(5-4-10-20(17,3)18(21)22)19(14,2)11-8-15-9-12-23-13-15/h7,9,12-14,16H,4-6,8,10-11H2,1-3H3,(H,21,22)/t14-,16+,19+,20+/m1/s1. The highest BCUT2D eigenvalue weighted by Gasteiger charge is 2.52. The van der Waals surface area contributed by atoms with Gasteiger partial charge in [-0.2, -0.15) is 0 Å². The van der Waals surface area contributed by atoms with Gasteiger partial charge in [0.15, 0.2) is 0 Å². The first-order valence-corrected chi connectivity index (χ1v) is 8.83. The van der Waals surface area contributed by atoms with E-state index in [0.717, 1.165) is 38.5 Å². The smallest absolute Gasteiger partial charge is 0.313 e. The van der Waals surface area contributed by atoms with E-state index in [1.54, 1.807) is 6.26 Å². The Morgan fingerprint density at radius 3 is 2.87 bits per heavy atom. The van der Waals surface area contributed by atoms with Crippen LogP contribution in [0.2, 0.25) is 0 Å². The van der Waals surface area contributed by atoms with Gasteiger partial charge in [-0.05, 0) is 67.9 Å². The lowest BCUT2D eigenvalue weighted by Gasteiger charge is -2.52. The number of hydrogen-bond donors (Lipinski definition) is 1. The SMILES string of the molecule is C[C@@H]1CC=C2[C@H](CCC[C@]2(C)C(=O)O)[C@@]1(C)CCc1ccoc1. The van der Waals surface area contributed by atoms with Gasteiger partial charge in [0.1, 0.15) is 0 Å². The summed E-state index contributed by atoms with van der Waals surface area (Å²) in [6.07, 6.45) is 11.8. The number of carbonyl (C=O) groups is 1. The molecule has 1 saturated carbocycles. The molecular formula is C20H28O3. The van der Waals surface area contributed by atoms with Crippen molar-refractivity contribution in [2.75, 3.05) is 0 Å².